The Hall–Kier alpha value is -6.72. The minimum atomic E-state index is 0.855. The molecule has 0 atom stereocenters. The second-order valence-electron chi connectivity index (χ2n) is 13.0. The molecule has 49 heavy (non-hydrogen) atoms. The molecular formula is C44H24N4O. The van der Waals surface area contributed by atoms with Crippen LogP contribution in [0.3, 0.4) is 0 Å². The summed E-state index contributed by atoms with van der Waals surface area (Å²) in [6.45, 7) is 0. The molecule has 0 saturated heterocycles. The molecule has 5 heteroatoms. The molecule has 0 bridgehead atoms. The van der Waals surface area contributed by atoms with Gasteiger partial charge in [0.1, 0.15) is 16.7 Å². The van der Waals surface area contributed by atoms with Crippen LogP contribution in [0.4, 0.5) is 0 Å². The van der Waals surface area contributed by atoms with Gasteiger partial charge in [0.05, 0.1) is 38.5 Å². The number of aromatic nitrogens is 4. The van der Waals surface area contributed by atoms with Crippen molar-refractivity contribution in [3.8, 4) is 16.8 Å². The molecule has 7 aromatic carbocycles. The lowest BCUT2D eigenvalue weighted by Gasteiger charge is -2.08. The predicted octanol–water partition coefficient (Wildman–Crippen LogP) is 11.4. The van der Waals surface area contributed by atoms with E-state index in [0.29, 0.717) is 0 Å². The van der Waals surface area contributed by atoms with E-state index >= 15 is 0 Å². The lowest BCUT2D eigenvalue weighted by atomic mass is 9.99. The zero-order chi connectivity index (χ0) is 31.8. The Bertz CT molecular complexity index is 3330. The SMILES string of the molecule is c1ccc(-n2c3ccccc3c3cc(-c4ccc5oc6c(cc7c8ccccc8n8c9nc%10ccccc%10nc9c6c78)c5c4)ccc32)cc1. The highest BCUT2D eigenvalue weighted by Gasteiger charge is 2.25. The normalized spacial score (nSPS) is 12.5. The Labute approximate surface area is 278 Å². The van der Waals surface area contributed by atoms with Gasteiger partial charge in [-0.3, -0.25) is 4.40 Å². The van der Waals surface area contributed by atoms with Gasteiger partial charge >= 0.3 is 0 Å². The average molecular weight is 625 g/mol. The predicted molar refractivity (Wildman–Crippen MR) is 201 cm³/mol. The highest BCUT2D eigenvalue weighted by Crippen LogP contribution is 2.46. The molecule has 0 unspecified atom stereocenters. The van der Waals surface area contributed by atoms with E-state index in [4.69, 9.17) is 14.4 Å². The number of nitrogens with zero attached hydrogens (tertiary/aromatic N) is 4. The van der Waals surface area contributed by atoms with Crippen molar-refractivity contribution in [2.75, 3.05) is 0 Å². The molecule has 0 radical (unpaired) electrons. The van der Waals surface area contributed by atoms with E-state index < -0.39 is 0 Å². The quantitative estimate of drug-likeness (QED) is 0.192. The van der Waals surface area contributed by atoms with E-state index in [-0.39, 0.29) is 0 Å². The first kappa shape index (κ1) is 25.4. The van der Waals surface area contributed by atoms with Gasteiger partial charge in [-0.25, -0.2) is 9.97 Å². The first-order chi connectivity index (χ1) is 24.3. The Kier molecular flexibility index (Phi) is 4.66. The molecule has 0 saturated carbocycles. The van der Waals surface area contributed by atoms with E-state index in [0.717, 1.165) is 71.8 Å². The number of benzene rings is 7. The summed E-state index contributed by atoms with van der Waals surface area (Å²) in [5, 5.41) is 8.07. The van der Waals surface area contributed by atoms with Gasteiger partial charge in [0, 0.05) is 38.0 Å². The molecule has 0 aliphatic heterocycles. The molecule has 12 aromatic rings. The van der Waals surface area contributed by atoms with Gasteiger partial charge < -0.3 is 8.98 Å². The van der Waals surface area contributed by atoms with Gasteiger partial charge in [0.15, 0.2) is 5.65 Å². The molecule has 226 valence electrons. The first-order valence-electron chi connectivity index (χ1n) is 16.6. The second-order valence-corrected chi connectivity index (χ2v) is 13.0. The molecule has 0 aliphatic rings. The van der Waals surface area contributed by atoms with Crippen LogP contribution in [0.1, 0.15) is 0 Å². The summed E-state index contributed by atoms with van der Waals surface area (Å²) >= 11 is 0. The molecule has 0 aliphatic carbocycles. The summed E-state index contributed by atoms with van der Waals surface area (Å²) in [5.74, 6) is 0. The monoisotopic (exact) mass is 624 g/mol. The van der Waals surface area contributed by atoms with Gasteiger partial charge in [-0.1, -0.05) is 78.9 Å². The van der Waals surface area contributed by atoms with E-state index in [9.17, 15) is 0 Å². The lowest BCUT2D eigenvalue weighted by Crippen LogP contribution is -1.92. The first-order valence-corrected chi connectivity index (χ1v) is 16.6. The van der Waals surface area contributed by atoms with Crippen LogP contribution in [-0.4, -0.2) is 18.9 Å². The summed E-state index contributed by atoms with van der Waals surface area (Å²) in [6.07, 6.45) is 0. The number of rotatable bonds is 2. The summed E-state index contributed by atoms with van der Waals surface area (Å²) in [7, 11) is 0. The molecule has 5 nitrogen and oxygen atoms in total. The van der Waals surface area contributed by atoms with Gasteiger partial charge in [-0.05, 0) is 77.9 Å². The van der Waals surface area contributed by atoms with Crippen LogP contribution in [0.15, 0.2) is 150 Å². The van der Waals surface area contributed by atoms with Crippen molar-refractivity contribution < 1.29 is 4.42 Å². The average Bonchev–Trinajstić information content (AvgIpc) is 3.89. The number of hydrogen-bond donors (Lipinski definition) is 0. The number of fused-ring (bicyclic) bond motifs is 14. The zero-order valence-electron chi connectivity index (χ0n) is 26.1. The van der Waals surface area contributed by atoms with Crippen LogP contribution < -0.4 is 0 Å². The van der Waals surface area contributed by atoms with Gasteiger partial charge in [-0.15, -0.1) is 0 Å². The molecule has 0 N–H and O–H groups in total. The minimum absolute atomic E-state index is 0.855. The van der Waals surface area contributed by atoms with Crippen molar-refractivity contribution in [3.05, 3.63) is 146 Å². The highest BCUT2D eigenvalue weighted by molar-refractivity contribution is 6.32. The van der Waals surface area contributed by atoms with Crippen LogP contribution in [-0.2, 0) is 0 Å². The van der Waals surface area contributed by atoms with Crippen molar-refractivity contribution in [1.29, 1.82) is 0 Å². The maximum atomic E-state index is 6.77. The molecule has 5 aromatic heterocycles. The fourth-order valence-corrected chi connectivity index (χ4v) is 8.30. The summed E-state index contributed by atoms with van der Waals surface area (Å²) in [4.78, 5) is 10.3. The fraction of sp³-hybridized carbons (Fsp3) is 0. The third-order valence-corrected chi connectivity index (χ3v) is 10.4. The maximum Gasteiger partial charge on any atom is 0.165 e. The standard InChI is InChI=1S/C44H24N4O/c1-2-10-27(11-3-1)47-36-16-8-4-12-28(36)30-22-25(18-20-38(30)47)26-19-21-39-31(23-26)33-24-32-29-13-5-9-17-37(29)48-42(32)40(43(33)49-39)41-44(48)46-35-15-7-6-14-34(35)45-41/h1-24H. The Morgan fingerprint density at radius 3 is 1.96 bits per heavy atom. The second kappa shape index (κ2) is 9.00. The van der Waals surface area contributed by atoms with Crippen LogP contribution in [0.5, 0.6) is 0 Å². The van der Waals surface area contributed by atoms with Crippen molar-refractivity contribution in [3.63, 3.8) is 0 Å². The fourth-order valence-electron chi connectivity index (χ4n) is 8.30. The van der Waals surface area contributed by atoms with Crippen LogP contribution in [0, 0.1) is 0 Å². The van der Waals surface area contributed by atoms with E-state index in [1.54, 1.807) is 0 Å². The maximum absolute atomic E-state index is 6.77. The van der Waals surface area contributed by atoms with Crippen LogP contribution in [0.2, 0.25) is 0 Å². The van der Waals surface area contributed by atoms with Gasteiger partial charge in [-0.2, -0.15) is 0 Å². The lowest BCUT2D eigenvalue weighted by molar-refractivity contribution is 0.673. The van der Waals surface area contributed by atoms with E-state index in [1.807, 2.05) is 24.3 Å². The summed E-state index contributed by atoms with van der Waals surface area (Å²) < 4.78 is 11.4. The molecule has 0 fully saturated rings. The van der Waals surface area contributed by atoms with Crippen molar-refractivity contribution in [1.82, 2.24) is 18.9 Å². The molecule has 5 heterocycles. The van der Waals surface area contributed by atoms with E-state index in [2.05, 4.69) is 130 Å². The van der Waals surface area contributed by atoms with Crippen molar-refractivity contribution in [2.24, 2.45) is 0 Å². The van der Waals surface area contributed by atoms with Crippen LogP contribution in [0.25, 0.3) is 110 Å². The summed E-state index contributed by atoms with van der Waals surface area (Å²) in [6, 6.07) is 51.7. The van der Waals surface area contributed by atoms with Crippen molar-refractivity contribution in [2.45, 2.75) is 0 Å². The molecule has 12 rings (SSSR count). The smallest absolute Gasteiger partial charge is 0.165 e. The number of para-hydroxylation sites is 5. The van der Waals surface area contributed by atoms with Gasteiger partial charge in [0.2, 0.25) is 0 Å². The van der Waals surface area contributed by atoms with Crippen LogP contribution >= 0.6 is 0 Å². The third-order valence-electron chi connectivity index (χ3n) is 10.4. The van der Waals surface area contributed by atoms with E-state index in [1.165, 1.54) is 38.1 Å². The minimum Gasteiger partial charge on any atom is -0.455 e. The Morgan fingerprint density at radius 1 is 0.469 bits per heavy atom. The largest absolute Gasteiger partial charge is 0.455 e. The molecular weight excluding hydrogens is 601 g/mol. The molecule has 0 spiro atoms. The highest BCUT2D eigenvalue weighted by atomic mass is 16.3. The zero-order valence-corrected chi connectivity index (χ0v) is 26.1. The summed E-state index contributed by atoms with van der Waals surface area (Å²) in [5.41, 5.74) is 13.3. The Morgan fingerprint density at radius 2 is 1.12 bits per heavy atom. The van der Waals surface area contributed by atoms with Crippen molar-refractivity contribution >= 4 is 93.1 Å². The van der Waals surface area contributed by atoms with Gasteiger partial charge in [0.25, 0.3) is 0 Å². The Balaban J connectivity index is 1.15. The number of furan rings is 1. The topological polar surface area (TPSA) is 48.3 Å². The molecule has 0 amide bonds. The third kappa shape index (κ3) is 3.24. The number of hydrogen-bond acceptors (Lipinski definition) is 3.